The van der Waals surface area contributed by atoms with Crippen LogP contribution < -0.4 is 0 Å². The quantitative estimate of drug-likeness (QED) is 0.508. The van der Waals surface area contributed by atoms with Crippen molar-refractivity contribution in [2.75, 3.05) is 0 Å². The van der Waals surface area contributed by atoms with Gasteiger partial charge in [0.25, 0.3) is 0 Å². The van der Waals surface area contributed by atoms with Gasteiger partial charge in [-0.2, -0.15) is 5.10 Å². The first-order valence-corrected chi connectivity index (χ1v) is 3.57. The highest BCUT2D eigenvalue weighted by Crippen LogP contribution is 2.19. The molecule has 0 bridgehead atoms. The van der Waals surface area contributed by atoms with Gasteiger partial charge >= 0.3 is 0 Å². The molecular weight excluding hydrogens is 122 g/mol. The van der Waals surface area contributed by atoms with Crippen molar-refractivity contribution in [1.29, 1.82) is 0 Å². The Bertz CT molecular complexity index is 176. The summed E-state index contributed by atoms with van der Waals surface area (Å²) in [5.74, 6) is 3.12. The molecule has 0 saturated heterocycles. The van der Waals surface area contributed by atoms with Gasteiger partial charge in [-0.1, -0.05) is 0 Å². The van der Waals surface area contributed by atoms with Gasteiger partial charge in [0, 0.05) is 0 Å². The fourth-order valence-corrected chi connectivity index (χ4v) is 1.62. The molecule has 0 radical (unpaired) electrons. The summed E-state index contributed by atoms with van der Waals surface area (Å²) in [6, 6.07) is 0. The lowest BCUT2D eigenvalue weighted by atomic mass is 10.7. The molecule has 0 amide bonds. The Morgan fingerprint density at radius 1 is 1.75 bits per heavy atom. The van der Waals surface area contributed by atoms with E-state index >= 15 is 0 Å². The maximum Gasteiger partial charge on any atom is 0.138 e. The predicted octanol–water partition coefficient (Wildman–Crippen LogP) is 0.482. The lowest BCUT2D eigenvalue weighted by Crippen LogP contribution is -1.92. The van der Waals surface area contributed by atoms with Crippen molar-refractivity contribution in [3.05, 3.63) is 12.2 Å². The van der Waals surface area contributed by atoms with Gasteiger partial charge in [-0.25, -0.2) is 9.67 Å². The fourth-order valence-electron chi connectivity index (χ4n) is 0.731. The smallest absolute Gasteiger partial charge is 0.138 e. The Kier molecular flexibility index (Phi) is 0.811. The minimum atomic E-state index is 0.981. The van der Waals surface area contributed by atoms with Crippen LogP contribution in [0.4, 0.5) is 0 Å². The van der Waals surface area contributed by atoms with Crippen LogP contribution in [0.5, 0.6) is 0 Å². The van der Waals surface area contributed by atoms with Gasteiger partial charge in [0.2, 0.25) is 0 Å². The second-order valence-electron chi connectivity index (χ2n) is 1.65. The number of hydrogen-bond acceptors (Lipinski definition) is 3. The van der Waals surface area contributed by atoms with Crippen molar-refractivity contribution in [2.24, 2.45) is 0 Å². The van der Waals surface area contributed by atoms with E-state index in [4.69, 9.17) is 0 Å². The average Bonchev–Trinajstić information content (AvgIpc) is 2.15. The summed E-state index contributed by atoms with van der Waals surface area (Å²) in [6.07, 6.45) is 1.61. The molecule has 1 aromatic rings. The van der Waals surface area contributed by atoms with Crippen molar-refractivity contribution < 1.29 is 0 Å². The molecule has 2 rings (SSSR count). The molecule has 0 aromatic carbocycles. The van der Waals surface area contributed by atoms with E-state index in [9.17, 15) is 0 Å². The van der Waals surface area contributed by atoms with Gasteiger partial charge in [0.1, 0.15) is 12.2 Å². The van der Waals surface area contributed by atoms with Crippen LogP contribution in [0.3, 0.4) is 0 Å². The Morgan fingerprint density at radius 2 is 2.75 bits per heavy atom. The molecule has 1 aliphatic heterocycles. The Hall–Kier alpha value is -0.510. The third kappa shape index (κ3) is 0.461. The Morgan fingerprint density at radius 3 is 3.62 bits per heavy atom. The van der Waals surface area contributed by atoms with Crippen LogP contribution in [0.1, 0.15) is 5.82 Å². The maximum atomic E-state index is 4.03. The van der Waals surface area contributed by atoms with Crippen LogP contribution in [-0.4, -0.2) is 14.8 Å². The van der Waals surface area contributed by atoms with Crippen molar-refractivity contribution in [3.8, 4) is 0 Å². The molecule has 0 atom stereocenters. The zero-order valence-electron chi connectivity index (χ0n) is 4.24. The SMILES string of the molecule is c1nc2n(n1)CSC2. The maximum absolute atomic E-state index is 4.03. The van der Waals surface area contributed by atoms with Gasteiger partial charge in [0.05, 0.1) is 11.6 Å². The Balaban J connectivity index is 2.54. The average molecular weight is 127 g/mol. The molecule has 0 fully saturated rings. The number of rotatable bonds is 0. The lowest BCUT2D eigenvalue weighted by molar-refractivity contribution is 0.738. The molecule has 42 valence electrons. The van der Waals surface area contributed by atoms with Crippen molar-refractivity contribution >= 4 is 11.8 Å². The summed E-state index contributed by atoms with van der Waals surface area (Å²) in [4.78, 5) is 4.03. The van der Waals surface area contributed by atoms with E-state index in [1.165, 1.54) is 0 Å². The molecule has 1 aliphatic rings. The number of aromatic nitrogens is 3. The largest absolute Gasteiger partial charge is 0.239 e. The molecule has 0 unspecified atom stereocenters. The van der Waals surface area contributed by atoms with Crippen molar-refractivity contribution in [2.45, 2.75) is 11.6 Å². The first kappa shape index (κ1) is 4.38. The van der Waals surface area contributed by atoms with Crippen LogP contribution in [0.25, 0.3) is 0 Å². The van der Waals surface area contributed by atoms with Crippen LogP contribution in [0.2, 0.25) is 0 Å². The van der Waals surface area contributed by atoms with E-state index in [2.05, 4.69) is 10.1 Å². The molecule has 0 N–H and O–H groups in total. The molecule has 0 saturated carbocycles. The van der Waals surface area contributed by atoms with Crippen LogP contribution in [-0.2, 0) is 11.6 Å². The minimum absolute atomic E-state index is 0.981. The summed E-state index contributed by atoms with van der Waals surface area (Å²) in [5, 5.41) is 3.98. The summed E-state index contributed by atoms with van der Waals surface area (Å²) in [7, 11) is 0. The van der Waals surface area contributed by atoms with Gasteiger partial charge in [-0.05, 0) is 0 Å². The van der Waals surface area contributed by atoms with Gasteiger partial charge in [0.15, 0.2) is 0 Å². The van der Waals surface area contributed by atoms with Crippen molar-refractivity contribution in [3.63, 3.8) is 0 Å². The standard InChI is InChI=1S/C4H5N3S/c1-4-5-2-6-7(4)3-8-1/h2H,1,3H2. The highest BCUT2D eigenvalue weighted by atomic mass is 32.2. The third-order valence-electron chi connectivity index (χ3n) is 1.14. The zero-order valence-corrected chi connectivity index (χ0v) is 5.06. The summed E-state index contributed by atoms with van der Waals surface area (Å²) in [6.45, 7) is 0. The van der Waals surface area contributed by atoms with E-state index in [0.29, 0.717) is 0 Å². The topological polar surface area (TPSA) is 30.7 Å². The molecule has 4 heteroatoms. The first-order valence-electron chi connectivity index (χ1n) is 2.41. The zero-order chi connectivity index (χ0) is 5.40. The van der Waals surface area contributed by atoms with Gasteiger partial charge < -0.3 is 0 Å². The van der Waals surface area contributed by atoms with Gasteiger partial charge in [-0.15, -0.1) is 11.8 Å². The molecule has 0 spiro atoms. The number of nitrogens with zero attached hydrogens (tertiary/aromatic N) is 3. The van der Waals surface area contributed by atoms with Gasteiger partial charge in [-0.3, -0.25) is 0 Å². The molecule has 3 nitrogen and oxygen atoms in total. The molecule has 8 heavy (non-hydrogen) atoms. The van der Waals surface area contributed by atoms with E-state index < -0.39 is 0 Å². The van der Waals surface area contributed by atoms with E-state index in [0.717, 1.165) is 17.5 Å². The minimum Gasteiger partial charge on any atom is -0.239 e. The summed E-state index contributed by atoms with van der Waals surface area (Å²) in [5.41, 5.74) is 0. The van der Waals surface area contributed by atoms with Crippen molar-refractivity contribution in [1.82, 2.24) is 14.8 Å². The molecule has 1 aromatic heterocycles. The van der Waals surface area contributed by atoms with E-state index in [1.54, 1.807) is 6.33 Å². The highest BCUT2D eigenvalue weighted by Gasteiger charge is 2.10. The molecule has 0 aliphatic carbocycles. The highest BCUT2D eigenvalue weighted by molar-refractivity contribution is 7.97. The van der Waals surface area contributed by atoms with E-state index in [-0.39, 0.29) is 0 Å². The van der Waals surface area contributed by atoms with Crippen LogP contribution in [0.15, 0.2) is 6.33 Å². The third-order valence-corrected chi connectivity index (χ3v) is 2.03. The fraction of sp³-hybridized carbons (Fsp3) is 0.500. The second kappa shape index (κ2) is 1.48. The van der Waals surface area contributed by atoms with Crippen LogP contribution >= 0.6 is 11.8 Å². The molecular formula is C4H5N3S. The second-order valence-corrected chi connectivity index (χ2v) is 2.61. The lowest BCUT2D eigenvalue weighted by Gasteiger charge is -1.84. The predicted molar refractivity (Wildman–Crippen MR) is 31.3 cm³/mol. The number of fused-ring (bicyclic) bond motifs is 1. The molecule has 2 heterocycles. The summed E-state index contributed by atoms with van der Waals surface area (Å²) < 4.78 is 1.92. The number of thioether (sulfide) groups is 1. The summed E-state index contributed by atoms with van der Waals surface area (Å²) >= 11 is 1.85. The monoisotopic (exact) mass is 127 g/mol. The number of hydrogen-bond donors (Lipinski definition) is 0. The van der Waals surface area contributed by atoms with E-state index in [1.807, 2.05) is 16.4 Å². The van der Waals surface area contributed by atoms with Crippen LogP contribution in [0, 0.1) is 0 Å². The first-order chi connectivity index (χ1) is 3.97. The normalized spacial score (nSPS) is 16.5. The Labute approximate surface area is 51.1 Å².